The average molecular weight is 303 g/mol. The molecule has 0 unspecified atom stereocenters. The molecule has 1 aromatic heterocycles. The zero-order valence-electron chi connectivity index (χ0n) is 12.5. The minimum Gasteiger partial charge on any atom is -0.486 e. The van der Waals surface area contributed by atoms with Crippen molar-refractivity contribution in [2.45, 2.75) is 51.7 Å². The van der Waals surface area contributed by atoms with Crippen molar-refractivity contribution < 1.29 is 9.84 Å². The van der Waals surface area contributed by atoms with E-state index in [0.29, 0.717) is 18.4 Å². The van der Waals surface area contributed by atoms with Gasteiger partial charge in [-0.1, -0.05) is 32.0 Å². The van der Waals surface area contributed by atoms with Crippen molar-refractivity contribution >= 4 is 11.3 Å². The molecule has 0 radical (unpaired) electrons. The van der Waals surface area contributed by atoms with Crippen LogP contribution in [0.15, 0.2) is 24.3 Å². The number of hydrogen-bond acceptors (Lipinski definition) is 4. The summed E-state index contributed by atoms with van der Waals surface area (Å²) < 4.78 is 5.96. The molecule has 0 amide bonds. The maximum absolute atomic E-state index is 9.44. The SMILES string of the molecule is CC(C)c1ccccc1OCc1nc(C2CC2)c(CO)s1. The molecular weight excluding hydrogens is 282 g/mol. The zero-order valence-corrected chi connectivity index (χ0v) is 13.3. The molecule has 1 aliphatic carbocycles. The fraction of sp³-hybridized carbons (Fsp3) is 0.471. The van der Waals surface area contributed by atoms with Gasteiger partial charge in [-0.15, -0.1) is 11.3 Å². The predicted molar refractivity (Wildman–Crippen MR) is 84.9 cm³/mol. The van der Waals surface area contributed by atoms with Gasteiger partial charge < -0.3 is 9.84 Å². The van der Waals surface area contributed by atoms with E-state index in [4.69, 9.17) is 4.74 Å². The summed E-state index contributed by atoms with van der Waals surface area (Å²) in [4.78, 5) is 5.67. The lowest BCUT2D eigenvalue weighted by atomic mass is 10.0. The number of hydrogen-bond donors (Lipinski definition) is 1. The number of nitrogens with zero attached hydrogens (tertiary/aromatic N) is 1. The molecule has 0 bridgehead atoms. The number of aliphatic hydroxyl groups excluding tert-OH is 1. The van der Waals surface area contributed by atoms with Crippen LogP contribution in [0.5, 0.6) is 5.75 Å². The lowest BCUT2D eigenvalue weighted by Crippen LogP contribution is -1.99. The molecule has 1 aliphatic rings. The fourth-order valence-electron chi connectivity index (χ4n) is 2.49. The number of thiazole rings is 1. The molecule has 1 aromatic carbocycles. The van der Waals surface area contributed by atoms with Crippen LogP contribution in [0.3, 0.4) is 0 Å². The van der Waals surface area contributed by atoms with Crippen LogP contribution in [0.2, 0.25) is 0 Å². The summed E-state index contributed by atoms with van der Waals surface area (Å²) in [6.07, 6.45) is 2.40. The molecule has 1 fully saturated rings. The zero-order chi connectivity index (χ0) is 14.8. The maximum Gasteiger partial charge on any atom is 0.140 e. The van der Waals surface area contributed by atoms with Crippen LogP contribution >= 0.6 is 11.3 Å². The number of aromatic nitrogens is 1. The van der Waals surface area contributed by atoms with Crippen molar-refractivity contribution in [2.24, 2.45) is 0 Å². The number of aliphatic hydroxyl groups is 1. The second-order valence-corrected chi connectivity index (χ2v) is 7.00. The van der Waals surface area contributed by atoms with Gasteiger partial charge in [0.1, 0.15) is 17.4 Å². The van der Waals surface area contributed by atoms with Gasteiger partial charge >= 0.3 is 0 Å². The van der Waals surface area contributed by atoms with E-state index in [2.05, 4.69) is 24.9 Å². The molecule has 3 rings (SSSR count). The first-order chi connectivity index (χ1) is 10.2. The van der Waals surface area contributed by atoms with E-state index in [0.717, 1.165) is 21.3 Å². The number of ether oxygens (including phenoxy) is 1. The predicted octanol–water partition coefficient (Wildman–Crippen LogP) is 4.22. The van der Waals surface area contributed by atoms with Gasteiger partial charge in [0.15, 0.2) is 0 Å². The van der Waals surface area contributed by atoms with Gasteiger partial charge in [-0.25, -0.2) is 4.98 Å². The molecule has 21 heavy (non-hydrogen) atoms. The molecule has 112 valence electrons. The van der Waals surface area contributed by atoms with E-state index in [-0.39, 0.29) is 6.61 Å². The quantitative estimate of drug-likeness (QED) is 0.869. The minimum atomic E-state index is 0.0894. The van der Waals surface area contributed by atoms with Gasteiger partial charge in [0.25, 0.3) is 0 Å². The molecule has 1 heterocycles. The Balaban J connectivity index is 1.73. The minimum absolute atomic E-state index is 0.0894. The fourth-order valence-corrected chi connectivity index (χ4v) is 3.42. The van der Waals surface area contributed by atoms with E-state index in [1.165, 1.54) is 18.4 Å². The Morgan fingerprint density at radius 3 is 2.76 bits per heavy atom. The Morgan fingerprint density at radius 1 is 1.33 bits per heavy atom. The van der Waals surface area contributed by atoms with Crippen LogP contribution in [-0.4, -0.2) is 10.1 Å². The summed E-state index contributed by atoms with van der Waals surface area (Å²) in [5, 5.41) is 10.4. The Kier molecular flexibility index (Phi) is 4.27. The van der Waals surface area contributed by atoms with Crippen molar-refractivity contribution in [3.8, 4) is 5.75 Å². The monoisotopic (exact) mass is 303 g/mol. The lowest BCUT2D eigenvalue weighted by molar-refractivity contribution is 0.284. The van der Waals surface area contributed by atoms with E-state index in [1.54, 1.807) is 11.3 Å². The molecular formula is C17H21NO2S. The maximum atomic E-state index is 9.44. The molecule has 1 N–H and O–H groups in total. The van der Waals surface area contributed by atoms with Crippen molar-refractivity contribution in [2.75, 3.05) is 0 Å². The molecule has 0 atom stereocenters. The summed E-state index contributed by atoms with van der Waals surface area (Å²) >= 11 is 1.58. The Hall–Kier alpha value is -1.39. The van der Waals surface area contributed by atoms with Gasteiger partial charge in [-0.3, -0.25) is 0 Å². The summed E-state index contributed by atoms with van der Waals surface area (Å²) in [5.74, 6) is 1.94. The van der Waals surface area contributed by atoms with Crippen LogP contribution in [0.25, 0.3) is 0 Å². The van der Waals surface area contributed by atoms with Gasteiger partial charge in [-0.05, 0) is 30.4 Å². The standard InChI is InChI=1S/C17H21NO2S/c1-11(2)13-5-3-4-6-14(13)20-10-16-18-17(12-7-8-12)15(9-19)21-16/h3-6,11-12,19H,7-10H2,1-2H3. The molecule has 1 saturated carbocycles. The van der Waals surface area contributed by atoms with Gasteiger partial charge in [0, 0.05) is 5.92 Å². The Bertz CT molecular complexity index is 617. The third-order valence-corrected chi connectivity index (χ3v) is 4.80. The Morgan fingerprint density at radius 2 is 2.10 bits per heavy atom. The normalized spacial score (nSPS) is 14.7. The topological polar surface area (TPSA) is 42.4 Å². The molecule has 2 aromatic rings. The molecule has 0 aliphatic heterocycles. The highest BCUT2D eigenvalue weighted by Gasteiger charge is 2.29. The average Bonchev–Trinajstić information content (AvgIpc) is 3.25. The third-order valence-electron chi connectivity index (χ3n) is 3.77. The number of rotatable bonds is 6. The van der Waals surface area contributed by atoms with Gasteiger partial charge in [-0.2, -0.15) is 0 Å². The molecule has 0 spiro atoms. The van der Waals surface area contributed by atoms with E-state index in [9.17, 15) is 5.11 Å². The van der Waals surface area contributed by atoms with Crippen LogP contribution in [0.1, 0.15) is 59.7 Å². The first-order valence-electron chi connectivity index (χ1n) is 7.50. The number of benzene rings is 1. The van der Waals surface area contributed by atoms with E-state index >= 15 is 0 Å². The van der Waals surface area contributed by atoms with Crippen molar-refractivity contribution in [1.29, 1.82) is 0 Å². The first-order valence-corrected chi connectivity index (χ1v) is 8.31. The highest BCUT2D eigenvalue weighted by molar-refractivity contribution is 7.11. The van der Waals surface area contributed by atoms with Gasteiger partial charge in [0.2, 0.25) is 0 Å². The Labute approximate surface area is 129 Å². The summed E-state index contributed by atoms with van der Waals surface area (Å²) in [7, 11) is 0. The molecule has 4 heteroatoms. The van der Waals surface area contributed by atoms with Crippen molar-refractivity contribution in [3.63, 3.8) is 0 Å². The third kappa shape index (κ3) is 3.27. The highest BCUT2D eigenvalue weighted by atomic mass is 32.1. The van der Waals surface area contributed by atoms with Crippen LogP contribution in [-0.2, 0) is 13.2 Å². The number of para-hydroxylation sites is 1. The summed E-state index contributed by atoms with van der Waals surface area (Å²) in [6, 6.07) is 8.16. The van der Waals surface area contributed by atoms with Crippen molar-refractivity contribution in [3.05, 3.63) is 45.4 Å². The van der Waals surface area contributed by atoms with Crippen LogP contribution in [0, 0.1) is 0 Å². The van der Waals surface area contributed by atoms with Crippen LogP contribution in [0.4, 0.5) is 0 Å². The highest BCUT2D eigenvalue weighted by Crippen LogP contribution is 2.42. The largest absolute Gasteiger partial charge is 0.486 e. The lowest BCUT2D eigenvalue weighted by Gasteiger charge is -2.12. The first kappa shape index (κ1) is 14.5. The van der Waals surface area contributed by atoms with E-state index < -0.39 is 0 Å². The van der Waals surface area contributed by atoms with Crippen molar-refractivity contribution in [1.82, 2.24) is 4.98 Å². The van der Waals surface area contributed by atoms with Crippen LogP contribution < -0.4 is 4.74 Å². The van der Waals surface area contributed by atoms with Gasteiger partial charge in [0.05, 0.1) is 17.2 Å². The summed E-state index contributed by atoms with van der Waals surface area (Å²) in [6.45, 7) is 4.90. The summed E-state index contributed by atoms with van der Waals surface area (Å²) in [5.41, 5.74) is 2.32. The second kappa shape index (κ2) is 6.16. The second-order valence-electron chi connectivity index (χ2n) is 5.83. The molecule has 3 nitrogen and oxygen atoms in total. The smallest absolute Gasteiger partial charge is 0.140 e. The van der Waals surface area contributed by atoms with E-state index in [1.807, 2.05) is 18.2 Å². The molecule has 0 saturated heterocycles.